The van der Waals surface area contributed by atoms with E-state index in [-0.39, 0.29) is 12.3 Å². The molecule has 5 nitrogen and oxygen atoms in total. The van der Waals surface area contributed by atoms with Gasteiger partial charge in [0.05, 0.1) is 17.8 Å². The van der Waals surface area contributed by atoms with Gasteiger partial charge in [0.1, 0.15) is 0 Å². The molecule has 2 aromatic heterocycles. The molecule has 0 unspecified atom stereocenters. The lowest BCUT2D eigenvalue weighted by atomic mass is 10.1. The zero-order chi connectivity index (χ0) is 22.0. The van der Waals surface area contributed by atoms with E-state index in [0.717, 1.165) is 45.4 Å². The maximum absolute atomic E-state index is 12.6. The molecule has 2 heterocycles. The third kappa shape index (κ3) is 4.59. The maximum atomic E-state index is 12.6. The summed E-state index contributed by atoms with van der Waals surface area (Å²) in [5.41, 5.74) is 8.04. The maximum Gasteiger partial charge on any atom is 0.228 e. The number of hydrogen-bond donors (Lipinski definition) is 1. The van der Waals surface area contributed by atoms with Crippen molar-refractivity contribution >= 4 is 22.9 Å². The van der Waals surface area contributed by atoms with E-state index in [9.17, 15) is 4.79 Å². The monoisotopic (exact) mass is 430 g/mol. The van der Waals surface area contributed by atoms with Crippen molar-refractivity contribution in [3.63, 3.8) is 0 Å². The van der Waals surface area contributed by atoms with Crippen molar-refractivity contribution in [1.29, 1.82) is 0 Å². The van der Waals surface area contributed by atoms with Gasteiger partial charge in [0.25, 0.3) is 0 Å². The topological polar surface area (TPSA) is 59.8 Å². The van der Waals surface area contributed by atoms with E-state index in [0.29, 0.717) is 0 Å². The Hall–Kier alpha value is -3.25. The lowest BCUT2D eigenvalue weighted by Gasteiger charge is -2.07. The number of aromatic nitrogens is 3. The molecule has 0 aliphatic heterocycles. The second-order valence-corrected chi connectivity index (χ2v) is 8.55. The number of hydrogen-bond acceptors (Lipinski definition) is 4. The first-order valence-corrected chi connectivity index (χ1v) is 11.3. The van der Waals surface area contributed by atoms with Crippen LogP contribution in [-0.2, 0) is 17.6 Å². The number of aryl methyl sites for hydroxylation is 3. The van der Waals surface area contributed by atoms with Crippen molar-refractivity contribution in [1.82, 2.24) is 14.8 Å². The molecular formula is C25H26N4OS. The van der Waals surface area contributed by atoms with Crippen LogP contribution in [-0.4, -0.2) is 20.7 Å². The van der Waals surface area contributed by atoms with Crippen LogP contribution in [0.4, 0.5) is 5.69 Å². The predicted molar refractivity (Wildman–Crippen MR) is 127 cm³/mol. The molecular weight excluding hydrogens is 404 g/mol. The Morgan fingerprint density at radius 1 is 1.03 bits per heavy atom. The third-order valence-electron chi connectivity index (χ3n) is 5.45. The lowest BCUT2D eigenvalue weighted by molar-refractivity contribution is -0.115. The highest BCUT2D eigenvalue weighted by Crippen LogP contribution is 2.26. The summed E-state index contributed by atoms with van der Waals surface area (Å²) in [4.78, 5) is 17.4. The Morgan fingerprint density at radius 2 is 1.74 bits per heavy atom. The molecule has 1 N–H and O–H groups in total. The quantitative estimate of drug-likeness (QED) is 0.429. The lowest BCUT2D eigenvalue weighted by Crippen LogP contribution is -2.15. The van der Waals surface area contributed by atoms with Crippen LogP contribution in [0.15, 0.2) is 53.9 Å². The van der Waals surface area contributed by atoms with Gasteiger partial charge in [0.2, 0.25) is 11.0 Å². The van der Waals surface area contributed by atoms with Gasteiger partial charge in [0.15, 0.2) is 0 Å². The molecule has 0 saturated heterocycles. The Balaban J connectivity index is 1.52. The molecule has 31 heavy (non-hydrogen) atoms. The largest absolute Gasteiger partial charge is 0.326 e. The molecule has 4 rings (SSSR count). The van der Waals surface area contributed by atoms with Crippen LogP contribution in [0.3, 0.4) is 0 Å². The van der Waals surface area contributed by atoms with Gasteiger partial charge >= 0.3 is 0 Å². The van der Waals surface area contributed by atoms with Crippen LogP contribution in [0.1, 0.15) is 35.0 Å². The van der Waals surface area contributed by atoms with E-state index in [2.05, 4.69) is 48.5 Å². The molecule has 0 aliphatic carbocycles. The van der Waals surface area contributed by atoms with Crippen LogP contribution >= 0.6 is 11.3 Å². The summed E-state index contributed by atoms with van der Waals surface area (Å²) in [6.45, 7) is 8.12. The van der Waals surface area contributed by atoms with E-state index in [1.807, 2.05) is 48.2 Å². The molecule has 6 heteroatoms. The second-order valence-electron chi connectivity index (χ2n) is 7.72. The van der Waals surface area contributed by atoms with Crippen molar-refractivity contribution in [2.75, 3.05) is 5.32 Å². The number of amides is 1. The SMILES string of the molecule is CCc1ccc(NC(=O)Cc2c(C)nn(-c3nc(-c4ccc(C)cc4)cs3)c2C)cc1. The Morgan fingerprint density at radius 3 is 2.42 bits per heavy atom. The number of carbonyl (C=O) groups excluding carboxylic acids is 1. The first-order chi connectivity index (χ1) is 14.9. The molecule has 0 aliphatic rings. The molecule has 0 saturated carbocycles. The fourth-order valence-electron chi connectivity index (χ4n) is 3.53. The van der Waals surface area contributed by atoms with E-state index < -0.39 is 0 Å². The van der Waals surface area contributed by atoms with Crippen LogP contribution in [0.5, 0.6) is 0 Å². The third-order valence-corrected chi connectivity index (χ3v) is 6.26. The van der Waals surface area contributed by atoms with Crippen LogP contribution in [0.25, 0.3) is 16.4 Å². The standard InChI is InChI=1S/C25H26N4OS/c1-5-19-8-12-21(13-9-19)26-24(30)14-22-17(3)28-29(18(22)4)25-27-23(15-31-25)20-10-6-16(2)7-11-20/h6-13,15H,5,14H2,1-4H3,(H,26,30). The number of nitrogens with zero attached hydrogens (tertiary/aromatic N) is 3. The number of anilines is 1. The summed E-state index contributed by atoms with van der Waals surface area (Å²) in [5.74, 6) is -0.0468. The van der Waals surface area contributed by atoms with E-state index in [1.54, 1.807) is 11.3 Å². The summed E-state index contributed by atoms with van der Waals surface area (Å²) in [6, 6.07) is 16.3. The minimum Gasteiger partial charge on any atom is -0.326 e. The number of rotatable bonds is 6. The molecule has 0 radical (unpaired) electrons. The average Bonchev–Trinajstić information content (AvgIpc) is 3.35. The smallest absolute Gasteiger partial charge is 0.228 e. The molecule has 1 amide bonds. The molecule has 0 spiro atoms. The average molecular weight is 431 g/mol. The van der Waals surface area contributed by atoms with Crippen molar-refractivity contribution in [3.05, 3.63) is 82.0 Å². The fraction of sp³-hybridized carbons (Fsp3) is 0.240. The van der Waals surface area contributed by atoms with Crippen LogP contribution < -0.4 is 5.32 Å². The van der Waals surface area contributed by atoms with Gasteiger partial charge in [-0.1, -0.05) is 48.9 Å². The molecule has 0 fully saturated rings. The van der Waals surface area contributed by atoms with Gasteiger partial charge in [-0.2, -0.15) is 5.10 Å². The van der Waals surface area contributed by atoms with Crippen molar-refractivity contribution < 1.29 is 4.79 Å². The molecule has 0 atom stereocenters. The minimum absolute atomic E-state index is 0.0468. The normalized spacial score (nSPS) is 11.0. The zero-order valence-corrected chi connectivity index (χ0v) is 19.1. The fourth-order valence-corrected chi connectivity index (χ4v) is 4.36. The minimum atomic E-state index is -0.0468. The highest BCUT2D eigenvalue weighted by Gasteiger charge is 2.18. The highest BCUT2D eigenvalue weighted by molar-refractivity contribution is 7.12. The summed E-state index contributed by atoms with van der Waals surface area (Å²) < 4.78 is 1.84. The molecule has 0 bridgehead atoms. The van der Waals surface area contributed by atoms with Gasteiger partial charge in [-0.25, -0.2) is 9.67 Å². The first kappa shape index (κ1) is 21.0. The van der Waals surface area contributed by atoms with Crippen molar-refractivity contribution in [2.24, 2.45) is 0 Å². The predicted octanol–water partition coefficient (Wildman–Crippen LogP) is 5.66. The zero-order valence-electron chi connectivity index (χ0n) is 18.3. The van der Waals surface area contributed by atoms with Crippen molar-refractivity contribution in [3.8, 4) is 16.4 Å². The van der Waals surface area contributed by atoms with Gasteiger partial charge < -0.3 is 5.32 Å². The van der Waals surface area contributed by atoms with Gasteiger partial charge in [0, 0.05) is 27.9 Å². The summed E-state index contributed by atoms with van der Waals surface area (Å²) in [7, 11) is 0. The van der Waals surface area contributed by atoms with Gasteiger partial charge in [-0.3, -0.25) is 4.79 Å². The van der Waals surface area contributed by atoms with E-state index in [1.165, 1.54) is 11.1 Å². The number of carbonyl (C=O) groups is 1. The first-order valence-electron chi connectivity index (χ1n) is 10.4. The Labute approximate surface area is 186 Å². The number of thiazole rings is 1. The summed E-state index contributed by atoms with van der Waals surface area (Å²) >= 11 is 1.55. The van der Waals surface area contributed by atoms with Gasteiger partial charge in [-0.05, 0) is 44.9 Å². The van der Waals surface area contributed by atoms with Crippen LogP contribution in [0.2, 0.25) is 0 Å². The molecule has 158 valence electrons. The van der Waals surface area contributed by atoms with Crippen LogP contribution in [0, 0.1) is 20.8 Å². The second kappa shape index (κ2) is 8.86. The highest BCUT2D eigenvalue weighted by atomic mass is 32.1. The van der Waals surface area contributed by atoms with E-state index >= 15 is 0 Å². The summed E-state index contributed by atoms with van der Waals surface area (Å²) in [5, 5.41) is 10.5. The number of benzene rings is 2. The van der Waals surface area contributed by atoms with E-state index in [4.69, 9.17) is 4.98 Å². The van der Waals surface area contributed by atoms with Crippen molar-refractivity contribution in [2.45, 2.75) is 40.5 Å². The summed E-state index contributed by atoms with van der Waals surface area (Å²) in [6.07, 6.45) is 1.26. The number of nitrogens with one attached hydrogen (secondary N) is 1. The molecule has 2 aromatic carbocycles. The Kier molecular flexibility index (Phi) is 6.00. The Bertz CT molecular complexity index is 1200. The van der Waals surface area contributed by atoms with Gasteiger partial charge in [-0.15, -0.1) is 11.3 Å². The molecule has 4 aromatic rings.